The van der Waals surface area contributed by atoms with Gasteiger partial charge in [-0.05, 0) is 62.0 Å². The van der Waals surface area contributed by atoms with Gasteiger partial charge in [-0.3, -0.25) is 0 Å². The van der Waals surface area contributed by atoms with E-state index in [0.29, 0.717) is 47.7 Å². The van der Waals surface area contributed by atoms with Crippen LogP contribution < -0.4 is 60.2 Å². The summed E-state index contributed by atoms with van der Waals surface area (Å²) in [6.45, 7) is 5.67. The molecule has 8 heteroatoms. The molecule has 0 radical (unpaired) electrons. The van der Waals surface area contributed by atoms with Gasteiger partial charge in [-0.25, -0.2) is 0 Å². The van der Waals surface area contributed by atoms with E-state index in [-0.39, 0.29) is 13.6 Å². The predicted octanol–water partition coefficient (Wildman–Crippen LogP) is 8.69. The van der Waals surface area contributed by atoms with E-state index < -0.39 is 15.8 Å². The van der Waals surface area contributed by atoms with Crippen molar-refractivity contribution >= 4 is 47.7 Å². The maximum atomic E-state index is 6.60. The molecule has 0 saturated heterocycles. The SMILES string of the molecule is CCCCOc1cc(P(c2ccccc2)c2ccccc2)c(-c2c(P(c3ccccc3)c3ccccc3)cc(OCCCC)c3c2OCO3)c2c1OCO2. The Morgan fingerprint density at radius 2 is 0.759 bits per heavy atom. The highest BCUT2D eigenvalue weighted by molar-refractivity contribution is 7.80. The fraction of sp³-hybridized carbons (Fsp3) is 0.217. The van der Waals surface area contributed by atoms with Crippen LogP contribution >= 0.6 is 15.8 Å². The highest BCUT2D eigenvalue weighted by Gasteiger charge is 2.39. The van der Waals surface area contributed by atoms with Crippen molar-refractivity contribution in [1.29, 1.82) is 0 Å². The van der Waals surface area contributed by atoms with Gasteiger partial charge in [-0.1, -0.05) is 148 Å². The summed E-state index contributed by atoms with van der Waals surface area (Å²) in [6, 6.07) is 47.4. The first-order valence-corrected chi connectivity index (χ1v) is 21.4. The molecule has 274 valence electrons. The Morgan fingerprint density at radius 1 is 0.444 bits per heavy atom. The van der Waals surface area contributed by atoms with Gasteiger partial charge in [0.1, 0.15) is 0 Å². The van der Waals surface area contributed by atoms with E-state index in [2.05, 4.69) is 147 Å². The molecule has 0 fully saturated rings. The van der Waals surface area contributed by atoms with Crippen molar-refractivity contribution in [1.82, 2.24) is 0 Å². The van der Waals surface area contributed by atoms with Crippen LogP contribution in [0, 0.1) is 0 Å². The molecule has 2 aliphatic heterocycles. The lowest BCUT2D eigenvalue weighted by Gasteiger charge is -2.29. The van der Waals surface area contributed by atoms with Gasteiger partial charge in [0.15, 0.2) is 23.0 Å². The first kappa shape index (κ1) is 36.0. The topological polar surface area (TPSA) is 55.4 Å². The molecule has 2 aliphatic rings. The smallest absolute Gasteiger partial charge is 0.231 e. The molecule has 6 nitrogen and oxygen atoms in total. The summed E-state index contributed by atoms with van der Waals surface area (Å²) >= 11 is 0. The molecular formula is C46H44O6P2. The van der Waals surface area contributed by atoms with Crippen LogP contribution in [0.1, 0.15) is 39.5 Å². The molecule has 0 unspecified atom stereocenters. The van der Waals surface area contributed by atoms with Crippen molar-refractivity contribution in [2.75, 3.05) is 26.8 Å². The predicted molar refractivity (Wildman–Crippen MR) is 222 cm³/mol. The Bertz CT molecular complexity index is 1930. The van der Waals surface area contributed by atoms with Crippen LogP contribution in [0.4, 0.5) is 0 Å². The summed E-state index contributed by atoms with van der Waals surface area (Å²) < 4.78 is 38.9. The molecule has 0 saturated carbocycles. The average molecular weight is 755 g/mol. The van der Waals surface area contributed by atoms with Crippen LogP contribution in [0.25, 0.3) is 11.1 Å². The Kier molecular flexibility index (Phi) is 11.3. The van der Waals surface area contributed by atoms with Crippen LogP contribution in [-0.4, -0.2) is 26.8 Å². The summed E-state index contributed by atoms with van der Waals surface area (Å²) in [5.41, 5.74) is 1.86. The molecule has 2 heterocycles. The molecule has 0 aliphatic carbocycles. The standard InChI is InChI=1S/C46H44O6P2/c1-3-5-27-47-37-29-39(53(33-19-11-7-12-20-33)34-21-13-8-14-22-34)41(45-43(37)49-31-51-45)42-40(30-38(48-28-6-4-2)44-46(42)52-32-50-44)54(35-23-15-9-16-24-35)36-25-17-10-18-26-36/h7-26,29-30H,3-6,27-28,31-32H2,1-2H3. The lowest BCUT2D eigenvalue weighted by Crippen LogP contribution is -2.26. The Hall–Kier alpha value is -5.02. The summed E-state index contributed by atoms with van der Waals surface area (Å²) in [5.74, 6) is 3.94. The van der Waals surface area contributed by atoms with Crippen LogP contribution in [-0.2, 0) is 0 Å². The number of unbranched alkanes of at least 4 members (excludes halogenated alkanes) is 2. The van der Waals surface area contributed by atoms with Crippen molar-refractivity contribution in [2.24, 2.45) is 0 Å². The summed E-state index contributed by atoms with van der Waals surface area (Å²) in [6.07, 6.45) is 3.90. The second kappa shape index (κ2) is 17.0. The van der Waals surface area contributed by atoms with Crippen LogP contribution in [0.2, 0.25) is 0 Å². The first-order chi connectivity index (χ1) is 26.8. The van der Waals surface area contributed by atoms with E-state index in [1.807, 2.05) is 0 Å². The minimum atomic E-state index is -1.13. The normalized spacial score (nSPS) is 12.7. The number of rotatable bonds is 15. The number of fused-ring (bicyclic) bond motifs is 2. The molecule has 0 spiro atoms. The zero-order valence-electron chi connectivity index (χ0n) is 30.7. The van der Waals surface area contributed by atoms with Crippen LogP contribution in [0.3, 0.4) is 0 Å². The Labute approximate surface area is 320 Å². The van der Waals surface area contributed by atoms with E-state index in [1.165, 1.54) is 21.2 Å². The minimum Gasteiger partial charge on any atom is -0.490 e. The average Bonchev–Trinajstić information content (AvgIpc) is 3.92. The third kappa shape index (κ3) is 7.26. The van der Waals surface area contributed by atoms with Gasteiger partial charge in [0.25, 0.3) is 0 Å². The van der Waals surface area contributed by atoms with Gasteiger partial charge >= 0.3 is 0 Å². The van der Waals surface area contributed by atoms with Gasteiger partial charge < -0.3 is 28.4 Å². The second-order valence-corrected chi connectivity index (χ2v) is 17.5. The quantitative estimate of drug-likeness (QED) is 0.0773. The summed E-state index contributed by atoms with van der Waals surface area (Å²) in [5, 5.41) is 7.02. The van der Waals surface area contributed by atoms with E-state index in [1.54, 1.807) is 0 Å². The van der Waals surface area contributed by atoms with Crippen LogP contribution in [0.5, 0.6) is 34.5 Å². The first-order valence-electron chi connectivity index (χ1n) is 18.8. The number of hydrogen-bond acceptors (Lipinski definition) is 6. The molecule has 0 bridgehead atoms. The fourth-order valence-corrected chi connectivity index (χ4v) is 11.9. The third-order valence-corrected chi connectivity index (χ3v) is 14.4. The molecule has 54 heavy (non-hydrogen) atoms. The van der Waals surface area contributed by atoms with Gasteiger partial charge in [0, 0.05) is 21.7 Å². The van der Waals surface area contributed by atoms with Crippen molar-refractivity contribution in [3.8, 4) is 45.6 Å². The summed E-state index contributed by atoms with van der Waals surface area (Å²) in [7, 11) is -2.27. The molecule has 6 aromatic carbocycles. The van der Waals surface area contributed by atoms with Crippen molar-refractivity contribution in [3.05, 3.63) is 133 Å². The number of benzene rings is 6. The molecule has 8 rings (SSSR count). The van der Waals surface area contributed by atoms with Crippen molar-refractivity contribution in [2.45, 2.75) is 39.5 Å². The van der Waals surface area contributed by atoms with E-state index in [0.717, 1.165) is 47.4 Å². The highest BCUT2D eigenvalue weighted by atomic mass is 31.1. The molecule has 0 aromatic heterocycles. The maximum Gasteiger partial charge on any atom is 0.231 e. The van der Waals surface area contributed by atoms with E-state index >= 15 is 0 Å². The number of ether oxygens (including phenoxy) is 6. The fourth-order valence-electron chi connectivity index (χ4n) is 6.92. The van der Waals surface area contributed by atoms with Gasteiger partial charge in [0.2, 0.25) is 25.1 Å². The largest absolute Gasteiger partial charge is 0.490 e. The molecule has 0 amide bonds. The van der Waals surface area contributed by atoms with Crippen molar-refractivity contribution < 1.29 is 28.4 Å². The number of hydrogen-bond donors (Lipinski definition) is 0. The van der Waals surface area contributed by atoms with Crippen molar-refractivity contribution in [3.63, 3.8) is 0 Å². The molecular weight excluding hydrogens is 710 g/mol. The third-order valence-electron chi connectivity index (χ3n) is 9.48. The van der Waals surface area contributed by atoms with Crippen LogP contribution in [0.15, 0.2) is 133 Å². The second-order valence-electron chi connectivity index (χ2n) is 13.1. The lowest BCUT2D eigenvalue weighted by molar-refractivity contribution is 0.168. The monoisotopic (exact) mass is 754 g/mol. The van der Waals surface area contributed by atoms with Gasteiger partial charge in [-0.2, -0.15) is 0 Å². The van der Waals surface area contributed by atoms with Gasteiger partial charge in [-0.15, -0.1) is 0 Å². The van der Waals surface area contributed by atoms with Gasteiger partial charge in [0.05, 0.1) is 13.2 Å². The Balaban J connectivity index is 1.49. The zero-order valence-corrected chi connectivity index (χ0v) is 32.5. The Morgan fingerprint density at radius 3 is 1.07 bits per heavy atom. The van der Waals surface area contributed by atoms with E-state index in [4.69, 9.17) is 28.4 Å². The maximum absolute atomic E-state index is 6.60. The summed E-state index contributed by atoms with van der Waals surface area (Å²) in [4.78, 5) is 0. The highest BCUT2D eigenvalue weighted by Crippen LogP contribution is 2.57. The lowest BCUT2D eigenvalue weighted by atomic mass is 10.0. The van der Waals surface area contributed by atoms with E-state index in [9.17, 15) is 0 Å². The zero-order chi connectivity index (χ0) is 36.7. The molecule has 6 aromatic rings. The minimum absolute atomic E-state index is 0.0871. The molecule has 0 N–H and O–H groups in total. The molecule has 0 atom stereocenters.